The number of amides is 1. The Kier molecular flexibility index (Phi) is 6.25. The number of thioether (sulfide) groups is 1. The van der Waals surface area contributed by atoms with Crippen molar-refractivity contribution in [2.24, 2.45) is 0 Å². The lowest BCUT2D eigenvalue weighted by atomic mass is 10.2. The second-order valence-corrected chi connectivity index (χ2v) is 7.94. The van der Waals surface area contributed by atoms with Gasteiger partial charge in [-0.05, 0) is 55.3 Å². The largest absolute Gasteiger partial charge is 0.457 e. The number of carbonyl (C=O) groups is 1. The zero-order chi connectivity index (χ0) is 18.4. The molecule has 26 heavy (non-hydrogen) atoms. The maximum atomic E-state index is 12.3. The molecule has 0 bridgehead atoms. The quantitative estimate of drug-likeness (QED) is 0.436. The Morgan fingerprint density at radius 1 is 1.15 bits per heavy atom. The third kappa shape index (κ3) is 5.06. The summed E-state index contributed by atoms with van der Waals surface area (Å²) in [6, 6.07) is 14.8. The number of aromatic nitrogens is 2. The summed E-state index contributed by atoms with van der Waals surface area (Å²) in [7, 11) is 0. The van der Waals surface area contributed by atoms with Crippen LogP contribution in [0.15, 0.2) is 52.9 Å². The molecule has 5 nitrogen and oxygen atoms in total. The average molecular weight is 386 g/mol. The van der Waals surface area contributed by atoms with Crippen LogP contribution in [0.1, 0.15) is 29.3 Å². The van der Waals surface area contributed by atoms with Crippen molar-refractivity contribution in [2.45, 2.75) is 24.6 Å². The molecule has 7 heteroatoms. The van der Waals surface area contributed by atoms with Gasteiger partial charge in [0.05, 0.1) is 0 Å². The van der Waals surface area contributed by atoms with E-state index in [2.05, 4.69) is 22.4 Å². The third-order valence-electron chi connectivity index (χ3n) is 3.40. The third-order valence-corrected chi connectivity index (χ3v) is 5.58. The van der Waals surface area contributed by atoms with E-state index in [4.69, 9.17) is 4.74 Å². The van der Waals surface area contributed by atoms with Gasteiger partial charge in [0.15, 0.2) is 4.34 Å². The Bertz CT molecular complexity index is 879. The molecular formula is C19H19N3O2S2. The van der Waals surface area contributed by atoms with E-state index < -0.39 is 0 Å². The summed E-state index contributed by atoms with van der Waals surface area (Å²) < 4.78 is 6.66. The molecule has 0 saturated heterocycles. The van der Waals surface area contributed by atoms with Gasteiger partial charge in [-0.2, -0.15) is 0 Å². The zero-order valence-electron chi connectivity index (χ0n) is 14.6. The van der Waals surface area contributed by atoms with Gasteiger partial charge >= 0.3 is 0 Å². The highest BCUT2D eigenvalue weighted by atomic mass is 32.2. The molecule has 0 aliphatic rings. The molecule has 3 aromatic rings. The van der Waals surface area contributed by atoms with Gasteiger partial charge in [0.25, 0.3) is 5.91 Å². The molecule has 0 radical (unpaired) electrons. The summed E-state index contributed by atoms with van der Waals surface area (Å²) in [4.78, 5) is 12.3. The van der Waals surface area contributed by atoms with Gasteiger partial charge in [-0.15, -0.1) is 10.2 Å². The zero-order valence-corrected chi connectivity index (χ0v) is 16.2. The highest BCUT2D eigenvalue weighted by molar-refractivity contribution is 8.01. The minimum Gasteiger partial charge on any atom is -0.457 e. The molecule has 0 saturated carbocycles. The first-order valence-corrected chi connectivity index (χ1v) is 10.1. The van der Waals surface area contributed by atoms with Crippen LogP contribution < -0.4 is 10.1 Å². The topological polar surface area (TPSA) is 64.1 Å². The molecule has 1 N–H and O–H groups in total. The number of nitrogens with zero attached hydrogens (tertiary/aromatic N) is 2. The number of hydrogen-bond acceptors (Lipinski definition) is 6. The van der Waals surface area contributed by atoms with Crippen LogP contribution >= 0.6 is 23.1 Å². The van der Waals surface area contributed by atoms with Gasteiger partial charge in [-0.3, -0.25) is 10.1 Å². The van der Waals surface area contributed by atoms with Gasteiger partial charge in [-0.1, -0.05) is 42.2 Å². The lowest BCUT2D eigenvalue weighted by Gasteiger charge is -2.07. The van der Waals surface area contributed by atoms with Crippen molar-refractivity contribution >= 4 is 34.1 Å². The van der Waals surface area contributed by atoms with Crippen molar-refractivity contribution < 1.29 is 9.53 Å². The van der Waals surface area contributed by atoms with E-state index in [1.807, 2.05) is 31.2 Å². The van der Waals surface area contributed by atoms with Crippen LogP contribution in [0, 0.1) is 6.92 Å². The minimum absolute atomic E-state index is 0.213. The fraction of sp³-hybridized carbons (Fsp3) is 0.211. The molecule has 0 spiro atoms. The van der Waals surface area contributed by atoms with E-state index in [0.717, 1.165) is 27.8 Å². The van der Waals surface area contributed by atoms with Crippen molar-refractivity contribution in [3.8, 4) is 11.5 Å². The molecule has 3 rings (SSSR count). The monoisotopic (exact) mass is 385 g/mol. The van der Waals surface area contributed by atoms with E-state index in [0.29, 0.717) is 16.4 Å². The first-order valence-electron chi connectivity index (χ1n) is 8.26. The Labute approximate surface area is 160 Å². The molecular weight excluding hydrogens is 366 g/mol. The number of ether oxygens (including phenoxy) is 1. The van der Waals surface area contributed by atoms with Gasteiger partial charge in [0.1, 0.15) is 11.5 Å². The standard InChI is InChI=1S/C19H19N3O2S2/c1-3-11-25-19-22-21-18(26-19)20-17(23)14-7-9-15(10-8-14)24-16-6-4-5-13(2)12-16/h4-10,12H,3,11H2,1-2H3,(H,20,21,23). The number of rotatable bonds is 7. The Morgan fingerprint density at radius 3 is 2.69 bits per heavy atom. The Hall–Kier alpha value is -2.38. The first kappa shape index (κ1) is 18.4. The van der Waals surface area contributed by atoms with Crippen molar-refractivity contribution in [1.82, 2.24) is 10.2 Å². The Morgan fingerprint density at radius 2 is 1.96 bits per heavy atom. The maximum Gasteiger partial charge on any atom is 0.257 e. The lowest BCUT2D eigenvalue weighted by Crippen LogP contribution is -2.11. The summed E-state index contributed by atoms with van der Waals surface area (Å²) in [6.07, 6.45) is 1.07. The van der Waals surface area contributed by atoms with Gasteiger partial charge in [0.2, 0.25) is 5.13 Å². The lowest BCUT2D eigenvalue weighted by molar-refractivity contribution is 0.102. The molecule has 0 unspecified atom stereocenters. The van der Waals surface area contributed by atoms with Crippen molar-refractivity contribution in [2.75, 3.05) is 11.1 Å². The highest BCUT2D eigenvalue weighted by Crippen LogP contribution is 2.26. The van der Waals surface area contributed by atoms with E-state index in [9.17, 15) is 4.79 Å². The predicted octanol–water partition coefficient (Wildman–Crippen LogP) is 5.39. The molecule has 1 amide bonds. The van der Waals surface area contributed by atoms with E-state index in [1.54, 1.807) is 36.0 Å². The van der Waals surface area contributed by atoms with Crippen LogP contribution in [0.5, 0.6) is 11.5 Å². The summed E-state index contributed by atoms with van der Waals surface area (Å²) in [5, 5.41) is 11.4. The van der Waals surface area contributed by atoms with Crippen LogP contribution in [0.25, 0.3) is 0 Å². The second kappa shape index (κ2) is 8.82. The molecule has 2 aromatic carbocycles. The fourth-order valence-corrected chi connectivity index (χ4v) is 3.84. The Balaban J connectivity index is 1.60. The number of anilines is 1. The molecule has 0 atom stereocenters. The van der Waals surface area contributed by atoms with Gasteiger partial charge in [-0.25, -0.2) is 0 Å². The van der Waals surface area contributed by atoms with Crippen molar-refractivity contribution in [3.63, 3.8) is 0 Å². The number of carbonyl (C=O) groups excluding carboxylic acids is 1. The fourth-order valence-electron chi connectivity index (χ4n) is 2.17. The maximum absolute atomic E-state index is 12.3. The van der Waals surface area contributed by atoms with Crippen LogP contribution in [0.3, 0.4) is 0 Å². The van der Waals surface area contributed by atoms with Crippen molar-refractivity contribution in [1.29, 1.82) is 0 Å². The van der Waals surface area contributed by atoms with Gasteiger partial charge in [0, 0.05) is 11.3 Å². The summed E-state index contributed by atoms with van der Waals surface area (Å²) in [5.41, 5.74) is 1.67. The number of nitrogens with one attached hydrogen (secondary N) is 1. The van der Waals surface area contributed by atoms with E-state index in [-0.39, 0.29) is 5.91 Å². The van der Waals surface area contributed by atoms with Crippen LogP contribution in [0.4, 0.5) is 5.13 Å². The molecule has 1 aromatic heterocycles. The normalized spacial score (nSPS) is 10.5. The number of aryl methyl sites for hydroxylation is 1. The summed E-state index contributed by atoms with van der Waals surface area (Å²) >= 11 is 3.03. The molecule has 0 fully saturated rings. The smallest absolute Gasteiger partial charge is 0.257 e. The van der Waals surface area contributed by atoms with E-state index in [1.165, 1.54) is 11.3 Å². The number of benzene rings is 2. The molecule has 0 aliphatic heterocycles. The van der Waals surface area contributed by atoms with Crippen LogP contribution in [-0.2, 0) is 0 Å². The SMILES string of the molecule is CCCSc1nnc(NC(=O)c2ccc(Oc3cccc(C)c3)cc2)s1. The summed E-state index contributed by atoms with van der Waals surface area (Å²) in [5.74, 6) is 2.23. The molecule has 1 heterocycles. The molecule has 0 aliphatic carbocycles. The van der Waals surface area contributed by atoms with Crippen LogP contribution in [-0.4, -0.2) is 21.9 Å². The average Bonchev–Trinajstić information content (AvgIpc) is 3.08. The number of hydrogen-bond donors (Lipinski definition) is 1. The highest BCUT2D eigenvalue weighted by Gasteiger charge is 2.11. The van der Waals surface area contributed by atoms with Crippen molar-refractivity contribution in [3.05, 3.63) is 59.7 Å². The summed E-state index contributed by atoms with van der Waals surface area (Å²) in [6.45, 7) is 4.13. The molecule has 134 valence electrons. The van der Waals surface area contributed by atoms with Crippen LogP contribution in [0.2, 0.25) is 0 Å². The minimum atomic E-state index is -0.213. The predicted molar refractivity (Wildman–Crippen MR) is 107 cm³/mol. The first-order chi connectivity index (χ1) is 12.6. The second-order valence-electron chi connectivity index (χ2n) is 5.62. The van der Waals surface area contributed by atoms with E-state index >= 15 is 0 Å². The van der Waals surface area contributed by atoms with Gasteiger partial charge < -0.3 is 4.74 Å².